The van der Waals surface area contributed by atoms with Crippen molar-refractivity contribution in [1.82, 2.24) is 4.90 Å². The highest BCUT2D eigenvalue weighted by Gasteiger charge is 2.62. The van der Waals surface area contributed by atoms with Crippen LogP contribution < -0.4 is 0 Å². The van der Waals surface area contributed by atoms with Gasteiger partial charge in [0.05, 0.1) is 17.7 Å². The Hall–Kier alpha value is -1.62. The molecule has 1 N–H and O–H groups in total. The number of rotatable bonds is 3. The molecule has 0 bridgehead atoms. The van der Waals surface area contributed by atoms with Crippen LogP contribution >= 0.6 is 0 Å². The van der Waals surface area contributed by atoms with Crippen LogP contribution in [0.4, 0.5) is 0 Å². The number of likely N-dealkylation sites (tertiary alicyclic amines) is 1. The fourth-order valence-corrected chi connectivity index (χ4v) is 7.38. The number of epoxide rings is 1. The first-order valence-corrected chi connectivity index (χ1v) is 12.0. The van der Waals surface area contributed by atoms with Crippen molar-refractivity contribution in [2.75, 3.05) is 7.05 Å². The first-order chi connectivity index (χ1) is 14.4. The maximum Gasteiger partial charge on any atom is 0.261 e. The molecule has 0 aromatic heterocycles. The van der Waals surface area contributed by atoms with Crippen molar-refractivity contribution in [2.45, 2.75) is 79.1 Å². The molecule has 2 aliphatic heterocycles. The smallest absolute Gasteiger partial charge is 0.261 e. The molecular weight excluding hydrogens is 390 g/mol. The van der Waals surface area contributed by atoms with E-state index in [0.29, 0.717) is 17.8 Å². The van der Waals surface area contributed by atoms with Gasteiger partial charge < -0.3 is 14.7 Å². The predicted molar refractivity (Wildman–Crippen MR) is 120 cm³/mol. The SMILES string of the molecule is CC1=CC2CC(C)CC(C)C2C(/C(O)=C2\C(=O)C(C(C)C)N(C)C2=O)C1C1(C)OC1C. The molecule has 2 heterocycles. The second-order valence-corrected chi connectivity index (χ2v) is 11.4. The van der Waals surface area contributed by atoms with Crippen LogP contribution in [0.1, 0.15) is 61.3 Å². The molecule has 1 saturated carbocycles. The van der Waals surface area contributed by atoms with Gasteiger partial charge in [-0.25, -0.2) is 0 Å². The standard InChI is InChI=1S/C26H39NO4/c1-12(2)22-24(29)20(25(30)27(22)8)23(28)19-18-14(4)9-13(3)10-17(18)11-15(5)21(19)26(7)16(6)31-26/h11-14,16-19,21-22,28H,9-10H2,1-8H3/b23-20-. The summed E-state index contributed by atoms with van der Waals surface area (Å²) in [5.74, 6) is 0.738. The van der Waals surface area contributed by atoms with Crippen molar-refractivity contribution >= 4 is 11.7 Å². The first kappa shape index (κ1) is 22.6. The number of likely N-dealkylation sites (N-methyl/N-ethyl adjacent to an activating group) is 1. The van der Waals surface area contributed by atoms with Crippen LogP contribution in [0.3, 0.4) is 0 Å². The molecule has 3 fully saturated rings. The molecule has 0 aromatic carbocycles. The fourth-order valence-electron chi connectivity index (χ4n) is 7.38. The van der Waals surface area contributed by atoms with Crippen LogP contribution in [0, 0.1) is 41.4 Å². The van der Waals surface area contributed by atoms with Gasteiger partial charge in [0.1, 0.15) is 11.3 Å². The van der Waals surface area contributed by atoms with Crippen LogP contribution in [-0.4, -0.2) is 46.5 Å². The summed E-state index contributed by atoms with van der Waals surface area (Å²) in [6.45, 7) is 14.8. The highest BCUT2D eigenvalue weighted by molar-refractivity contribution is 6.26. The van der Waals surface area contributed by atoms with Crippen molar-refractivity contribution in [1.29, 1.82) is 0 Å². The van der Waals surface area contributed by atoms with Gasteiger partial charge in [-0.05, 0) is 63.2 Å². The number of aliphatic hydroxyl groups excluding tert-OH is 1. The summed E-state index contributed by atoms with van der Waals surface area (Å²) >= 11 is 0. The van der Waals surface area contributed by atoms with Crippen molar-refractivity contribution in [3.05, 3.63) is 23.0 Å². The van der Waals surface area contributed by atoms with E-state index in [2.05, 4.69) is 40.7 Å². The normalized spacial score (nSPS) is 46.9. The molecule has 0 spiro atoms. The van der Waals surface area contributed by atoms with E-state index in [-0.39, 0.29) is 58.4 Å². The van der Waals surface area contributed by atoms with Crippen LogP contribution in [0.2, 0.25) is 0 Å². The lowest BCUT2D eigenvalue weighted by Crippen LogP contribution is -2.47. The van der Waals surface area contributed by atoms with Crippen molar-refractivity contribution in [2.24, 2.45) is 41.4 Å². The molecular formula is C26H39NO4. The third-order valence-corrected chi connectivity index (χ3v) is 8.81. The number of amides is 1. The Morgan fingerprint density at radius 1 is 1.23 bits per heavy atom. The van der Waals surface area contributed by atoms with Crippen LogP contribution in [0.25, 0.3) is 0 Å². The molecule has 0 aromatic rings. The molecule has 4 aliphatic rings. The van der Waals surface area contributed by atoms with Gasteiger partial charge in [0.15, 0.2) is 5.78 Å². The fraction of sp³-hybridized carbons (Fsp3) is 0.769. The Morgan fingerprint density at radius 3 is 2.35 bits per heavy atom. The number of nitrogens with zero attached hydrogens (tertiary/aromatic N) is 1. The summed E-state index contributed by atoms with van der Waals surface area (Å²) in [7, 11) is 1.68. The van der Waals surface area contributed by atoms with E-state index < -0.39 is 6.04 Å². The summed E-state index contributed by atoms with van der Waals surface area (Å²) in [5, 5.41) is 11.7. The van der Waals surface area contributed by atoms with E-state index in [0.717, 1.165) is 12.8 Å². The Kier molecular flexibility index (Phi) is 5.44. The van der Waals surface area contributed by atoms with Gasteiger partial charge in [-0.3, -0.25) is 9.59 Å². The molecule has 0 radical (unpaired) electrons. The summed E-state index contributed by atoms with van der Waals surface area (Å²) in [6.07, 6.45) is 4.68. The minimum atomic E-state index is -0.505. The zero-order chi connectivity index (χ0) is 23.0. The second-order valence-electron chi connectivity index (χ2n) is 11.4. The lowest BCUT2D eigenvalue weighted by Gasteiger charge is -2.50. The number of hydrogen-bond donors (Lipinski definition) is 1. The molecule has 9 unspecified atom stereocenters. The maximum atomic E-state index is 13.3. The molecule has 1 amide bonds. The molecule has 2 saturated heterocycles. The average Bonchev–Trinajstić information content (AvgIpc) is 3.18. The molecule has 4 rings (SSSR count). The van der Waals surface area contributed by atoms with Crippen molar-refractivity contribution in [3.63, 3.8) is 0 Å². The largest absolute Gasteiger partial charge is 0.511 e. The molecule has 9 atom stereocenters. The topological polar surface area (TPSA) is 70.1 Å². The van der Waals surface area contributed by atoms with Crippen molar-refractivity contribution < 1.29 is 19.4 Å². The van der Waals surface area contributed by atoms with E-state index in [4.69, 9.17) is 4.74 Å². The van der Waals surface area contributed by atoms with Crippen molar-refractivity contribution in [3.8, 4) is 0 Å². The molecule has 172 valence electrons. The number of allylic oxidation sites excluding steroid dienone is 2. The number of ether oxygens (including phenoxy) is 1. The van der Waals surface area contributed by atoms with E-state index in [1.807, 2.05) is 13.8 Å². The quantitative estimate of drug-likeness (QED) is 0.235. The Balaban J connectivity index is 1.86. The number of hydrogen-bond acceptors (Lipinski definition) is 4. The van der Waals surface area contributed by atoms with Gasteiger partial charge in [0, 0.05) is 18.9 Å². The summed E-state index contributed by atoms with van der Waals surface area (Å²) in [4.78, 5) is 28.0. The Bertz CT molecular complexity index is 857. The Labute approximate surface area is 186 Å². The van der Waals surface area contributed by atoms with Crippen LogP contribution in [0.15, 0.2) is 23.0 Å². The number of fused-ring (bicyclic) bond motifs is 1. The third kappa shape index (κ3) is 3.30. The third-order valence-electron chi connectivity index (χ3n) is 8.81. The van der Waals surface area contributed by atoms with Gasteiger partial charge in [-0.2, -0.15) is 0 Å². The monoisotopic (exact) mass is 429 g/mol. The number of ketones is 1. The number of Topliss-reactive ketones (excluding diaryl/α,β-unsaturated/α-hetero) is 1. The van der Waals surface area contributed by atoms with Gasteiger partial charge in [-0.1, -0.05) is 39.3 Å². The number of aliphatic hydroxyl groups is 1. The summed E-state index contributed by atoms with van der Waals surface area (Å²) < 4.78 is 6.07. The minimum absolute atomic E-state index is 0.00189. The van der Waals surface area contributed by atoms with Gasteiger partial charge in [0.2, 0.25) is 0 Å². The lowest BCUT2D eigenvalue weighted by atomic mass is 9.54. The summed E-state index contributed by atoms with van der Waals surface area (Å²) in [6, 6.07) is -0.505. The van der Waals surface area contributed by atoms with Gasteiger partial charge in [-0.15, -0.1) is 0 Å². The van der Waals surface area contributed by atoms with E-state index in [1.54, 1.807) is 7.05 Å². The first-order valence-electron chi connectivity index (χ1n) is 12.0. The maximum absolute atomic E-state index is 13.3. The zero-order valence-corrected chi connectivity index (χ0v) is 20.3. The van der Waals surface area contributed by atoms with E-state index in [1.165, 1.54) is 10.5 Å². The second kappa shape index (κ2) is 7.47. The average molecular weight is 430 g/mol. The van der Waals surface area contributed by atoms with E-state index >= 15 is 0 Å². The van der Waals surface area contributed by atoms with E-state index in [9.17, 15) is 14.7 Å². The number of carbonyl (C=O) groups excluding carboxylic acids is 2. The van der Waals surface area contributed by atoms with Crippen LogP contribution in [-0.2, 0) is 14.3 Å². The molecule has 5 heteroatoms. The molecule has 2 aliphatic carbocycles. The molecule has 5 nitrogen and oxygen atoms in total. The Morgan fingerprint density at radius 2 is 1.84 bits per heavy atom. The number of carbonyl (C=O) groups is 2. The predicted octanol–water partition coefficient (Wildman–Crippen LogP) is 4.53. The zero-order valence-electron chi connectivity index (χ0n) is 20.3. The lowest BCUT2D eigenvalue weighted by molar-refractivity contribution is -0.126. The summed E-state index contributed by atoms with van der Waals surface area (Å²) in [5.41, 5.74) is 0.868. The minimum Gasteiger partial charge on any atom is -0.511 e. The van der Waals surface area contributed by atoms with Crippen LogP contribution in [0.5, 0.6) is 0 Å². The highest BCUT2D eigenvalue weighted by atomic mass is 16.6. The van der Waals surface area contributed by atoms with Gasteiger partial charge in [0.25, 0.3) is 5.91 Å². The highest BCUT2D eigenvalue weighted by Crippen LogP contribution is 2.59. The molecule has 31 heavy (non-hydrogen) atoms. The van der Waals surface area contributed by atoms with Gasteiger partial charge >= 0.3 is 0 Å².